The maximum Gasteiger partial charge on any atom is 0.329 e. The van der Waals surface area contributed by atoms with E-state index in [4.69, 9.17) is 9.84 Å². The molecule has 0 aromatic carbocycles. The minimum absolute atomic E-state index is 0.0325. The number of anilines is 3. The highest BCUT2D eigenvalue weighted by molar-refractivity contribution is 6.05. The van der Waals surface area contributed by atoms with Gasteiger partial charge in [-0.25, -0.2) is 14.8 Å². The number of nitrogens with one attached hydrogen (secondary N) is 2. The molecule has 1 saturated heterocycles. The molecule has 0 radical (unpaired) electrons. The summed E-state index contributed by atoms with van der Waals surface area (Å²) < 4.78 is 5.35. The molecule has 2 aliphatic rings. The van der Waals surface area contributed by atoms with Crippen molar-refractivity contribution < 1.29 is 24.5 Å². The minimum Gasteiger partial charge on any atom is -0.489 e. The van der Waals surface area contributed by atoms with Gasteiger partial charge in [-0.15, -0.1) is 0 Å². The quantitative estimate of drug-likeness (QED) is 0.475. The fraction of sp³-hybridized carbons (Fsp3) is 0.478. The molecule has 2 bridgehead atoms. The van der Waals surface area contributed by atoms with E-state index in [0.717, 1.165) is 24.2 Å². The Morgan fingerprint density at radius 3 is 2.79 bits per heavy atom. The lowest BCUT2D eigenvalue weighted by atomic mass is 10.1. The monoisotopic (exact) mass is 470 g/mol. The topological polar surface area (TPSA) is 140 Å². The van der Waals surface area contributed by atoms with Gasteiger partial charge in [0.2, 0.25) is 0 Å². The third-order valence-electron chi connectivity index (χ3n) is 5.73. The normalized spacial score (nSPS) is 17.4. The van der Waals surface area contributed by atoms with E-state index in [1.165, 1.54) is 6.20 Å². The third-order valence-corrected chi connectivity index (χ3v) is 5.73. The molecule has 2 atom stereocenters. The molecule has 0 aliphatic carbocycles. The fourth-order valence-electron chi connectivity index (χ4n) is 4.21. The zero-order chi connectivity index (χ0) is 24.4. The zero-order valence-corrected chi connectivity index (χ0v) is 19.5. The van der Waals surface area contributed by atoms with Crippen molar-refractivity contribution in [3.8, 4) is 5.75 Å². The van der Waals surface area contributed by atoms with E-state index in [2.05, 4.69) is 25.5 Å². The van der Waals surface area contributed by atoms with Gasteiger partial charge in [-0.2, -0.15) is 0 Å². The predicted molar refractivity (Wildman–Crippen MR) is 127 cm³/mol. The molecule has 0 saturated carbocycles. The minimum atomic E-state index is -0.979. The molecule has 4 N–H and O–H groups in total. The van der Waals surface area contributed by atoms with Crippen molar-refractivity contribution >= 4 is 29.3 Å². The molecule has 11 nitrogen and oxygen atoms in total. The molecule has 3 amide bonds. The van der Waals surface area contributed by atoms with E-state index in [0.29, 0.717) is 23.9 Å². The Balaban J connectivity index is 1.56. The smallest absolute Gasteiger partial charge is 0.329 e. The molecule has 1 fully saturated rings. The lowest BCUT2D eigenvalue weighted by Gasteiger charge is -2.36. The summed E-state index contributed by atoms with van der Waals surface area (Å²) in [5.74, 6) is 0.918. The molecule has 2 aromatic heterocycles. The van der Waals surface area contributed by atoms with Crippen molar-refractivity contribution in [2.75, 3.05) is 41.4 Å². The van der Waals surface area contributed by atoms with E-state index < -0.39 is 12.7 Å². The Hall–Kier alpha value is -3.44. The summed E-state index contributed by atoms with van der Waals surface area (Å²) in [6.45, 7) is 6.74. The van der Waals surface area contributed by atoms with Crippen molar-refractivity contribution in [2.24, 2.45) is 0 Å². The van der Waals surface area contributed by atoms with Crippen LogP contribution in [-0.2, 0) is 0 Å². The van der Waals surface area contributed by atoms with Crippen molar-refractivity contribution in [3.05, 3.63) is 35.7 Å². The summed E-state index contributed by atoms with van der Waals surface area (Å²) in [6, 6.07) is 4.50. The predicted octanol–water partition coefficient (Wildman–Crippen LogP) is 1.29. The third kappa shape index (κ3) is 4.90. The second kappa shape index (κ2) is 9.82. The number of hydrogen-bond donors (Lipinski definition) is 4. The van der Waals surface area contributed by atoms with Crippen LogP contribution in [0.15, 0.2) is 24.4 Å². The van der Waals surface area contributed by atoms with Crippen molar-refractivity contribution in [1.82, 2.24) is 15.3 Å². The van der Waals surface area contributed by atoms with Crippen LogP contribution in [0.25, 0.3) is 0 Å². The maximum absolute atomic E-state index is 13.4. The highest BCUT2D eigenvalue weighted by atomic mass is 16.5. The summed E-state index contributed by atoms with van der Waals surface area (Å²) in [6.07, 6.45) is 1.25. The van der Waals surface area contributed by atoms with Crippen LogP contribution >= 0.6 is 0 Å². The van der Waals surface area contributed by atoms with E-state index >= 15 is 0 Å². The molecule has 34 heavy (non-hydrogen) atoms. The average Bonchev–Trinajstić information content (AvgIpc) is 3.20. The second-order valence-electron chi connectivity index (χ2n) is 8.84. The first-order valence-electron chi connectivity index (χ1n) is 11.3. The number of aromatic nitrogens is 2. The van der Waals surface area contributed by atoms with E-state index in [1.54, 1.807) is 23.1 Å². The molecule has 4 rings (SSSR count). The van der Waals surface area contributed by atoms with Crippen molar-refractivity contribution in [2.45, 2.75) is 45.4 Å². The van der Waals surface area contributed by atoms with Gasteiger partial charge in [-0.1, -0.05) is 0 Å². The number of ether oxygens (including phenoxy) is 1. The number of urea groups is 1. The summed E-state index contributed by atoms with van der Waals surface area (Å²) >= 11 is 0. The summed E-state index contributed by atoms with van der Waals surface area (Å²) in [7, 11) is 0. The first kappa shape index (κ1) is 23.7. The van der Waals surface area contributed by atoms with Crippen LogP contribution in [0.5, 0.6) is 5.75 Å². The number of pyridine rings is 2. The Bertz CT molecular complexity index is 1060. The van der Waals surface area contributed by atoms with Gasteiger partial charge in [0.05, 0.1) is 24.5 Å². The van der Waals surface area contributed by atoms with Gasteiger partial charge in [-0.05, 0) is 51.0 Å². The molecule has 0 spiro atoms. The summed E-state index contributed by atoms with van der Waals surface area (Å²) in [5, 5.41) is 23.9. The number of hydrogen-bond acceptors (Lipinski definition) is 8. The Kier molecular flexibility index (Phi) is 6.85. The number of aryl methyl sites for hydroxylation is 1. The lowest BCUT2D eigenvalue weighted by molar-refractivity contribution is 0.0535. The number of carbonyl (C=O) groups is 2. The van der Waals surface area contributed by atoms with Gasteiger partial charge in [-0.3, -0.25) is 15.0 Å². The SMILES string of the molecule is Cc1cc(C(=O)NC(C)C)nc2c1N1CC[C@@H](C1)N2C(=O)Nc1ccc(OC[C@@H](O)CO)cn1. The van der Waals surface area contributed by atoms with Gasteiger partial charge in [0.15, 0.2) is 5.82 Å². The van der Waals surface area contributed by atoms with Gasteiger partial charge < -0.3 is 25.2 Å². The molecule has 4 heterocycles. The molecule has 11 heteroatoms. The number of carbonyl (C=O) groups excluding carboxylic acids is 2. The average molecular weight is 471 g/mol. The summed E-state index contributed by atoms with van der Waals surface area (Å²) in [5.41, 5.74) is 2.03. The number of nitrogens with zero attached hydrogens (tertiary/aromatic N) is 4. The standard InChI is InChI=1S/C23H30N6O5/c1-13(2)25-22(32)18-8-14(3)20-21(26-18)29(15-6-7-28(20)10-15)23(33)27-19-5-4-17(9-24-19)34-12-16(31)11-30/h4-5,8-9,13,15-16,30-31H,6-7,10-12H2,1-3H3,(H,25,32)(H,24,27,33)/t15-,16-/m0/s1. The maximum atomic E-state index is 13.4. The van der Waals surface area contributed by atoms with Gasteiger partial charge >= 0.3 is 6.03 Å². The second-order valence-corrected chi connectivity index (χ2v) is 8.84. The molecular weight excluding hydrogens is 440 g/mol. The lowest BCUT2D eigenvalue weighted by Crippen LogP contribution is -2.49. The first-order chi connectivity index (χ1) is 16.3. The Morgan fingerprint density at radius 1 is 1.32 bits per heavy atom. The van der Waals surface area contributed by atoms with Crippen LogP contribution in [0.1, 0.15) is 36.3 Å². The van der Waals surface area contributed by atoms with Crippen LogP contribution in [-0.4, -0.2) is 76.6 Å². The van der Waals surface area contributed by atoms with Gasteiger partial charge in [0.25, 0.3) is 5.91 Å². The first-order valence-corrected chi connectivity index (χ1v) is 11.3. The summed E-state index contributed by atoms with van der Waals surface area (Å²) in [4.78, 5) is 38.6. The number of aliphatic hydroxyl groups excluding tert-OH is 2. The van der Waals surface area contributed by atoms with Crippen LogP contribution in [0.4, 0.5) is 22.1 Å². The van der Waals surface area contributed by atoms with E-state index in [-0.39, 0.29) is 36.3 Å². The fourth-order valence-corrected chi connectivity index (χ4v) is 4.21. The van der Waals surface area contributed by atoms with Crippen molar-refractivity contribution in [1.29, 1.82) is 0 Å². The van der Waals surface area contributed by atoms with Gasteiger partial charge in [0.1, 0.15) is 30.0 Å². The Labute approximate surface area is 197 Å². The molecular formula is C23H30N6O5. The van der Waals surface area contributed by atoms with Crippen LogP contribution in [0, 0.1) is 6.92 Å². The molecule has 2 aromatic rings. The van der Waals surface area contributed by atoms with E-state index in [1.807, 2.05) is 20.8 Å². The highest BCUT2D eigenvalue weighted by Crippen LogP contribution is 2.41. The van der Waals surface area contributed by atoms with Crippen LogP contribution in [0.3, 0.4) is 0 Å². The number of amides is 3. The van der Waals surface area contributed by atoms with Gasteiger partial charge in [0, 0.05) is 19.1 Å². The highest BCUT2D eigenvalue weighted by Gasteiger charge is 2.41. The Morgan fingerprint density at radius 2 is 2.12 bits per heavy atom. The number of fused-ring (bicyclic) bond motifs is 4. The number of rotatable bonds is 7. The molecule has 182 valence electrons. The number of aliphatic hydroxyl groups is 2. The van der Waals surface area contributed by atoms with Crippen LogP contribution in [0.2, 0.25) is 0 Å². The molecule has 2 aliphatic heterocycles. The largest absolute Gasteiger partial charge is 0.489 e. The van der Waals surface area contributed by atoms with E-state index in [9.17, 15) is 14.7 Å². The van der Waals surface area contributed by atoms with Crippen molar-refractivity contribution in [3.63, 3.8) is 0 Å². The molecule has 0 unspecified atom stereocenters. The van der Waals surface area contributed by atoms with Crippen LogP contribution < -0.4 is 25.2 Å². The zero-order valence-electron chi connectivity index (χ0n) is 19.5.